The lowest BCUT2D eigenvalue weighted by Gasteiger charge is -2.27. The fourth-order valence-corrected chi connectivity index (χ4v) is 1.86. The summed E-state index contributed by atoms with van der Waals surface area (Å²) in [5.74, 6) is 0. The molecule has 1 N–H and O–H groups in total. The molecule has 1 aromatic rings. The van der Waals surface area contributed by atoms with Gasteiger partial charge in [0.15, 0.2) is 0 Å². The highest BCUT2D eigenvalue weighted by Crippen LogP contribution is 2.22. The summed E-state index contributed by atoms with van der Waals surface area (Å²) in [4.78, 5) is 0. The van der Waals surface area contributed by atoms with Crippen molar-refractivity contribution in [2.24, 2.45) is 5.41 Å². The van der Waals surface area contributed by atoms with Gasteiger partial charge in [-0.05, 0) is 23.9 Å². The van der Waals surface area contributed by atoms with E-state index >= 15 is 0 Å². The molecule has 1 rings (SSSR count). The molecule has 0 heterocycles. The summed E-state index contributed by atoms with van der Waals surface area (Å²) < 4.78 is 0. The van der Waals surface area contributed by atoms with Gasteiger partial charge < -0.3 is 5.32 Å². The predicted molar refractivity (Wildman–Crippen MR) is 76.4 cm³/mol. The molecule has 0 fully saturated rings. The monoisotopic (exact) mass is 233 g/mol. The van der Waals surface area contributed by atoms with Crippen molar-refractivity contribution in [1.82, 2.24) is 5.32 Å². The van der Waals surface area contributed by atoms with Gasteiger partial charge in [-0.25, -0.2) is 0 Å². The maximum atomic E-state index is 3.58. The minimum Gasteiger partial charge on any atom is -0.316 e. The summed E-state index contributed by atoms with van der Waals surface area (Å²) in [5.41, 5.74) is 2.03. The lowest BCUT2D eigenvalue weighted by molar-refractivity contribution is 0.355. The fourth-order valence-electron chi connectivity index (χ4n) is 1.86. The van der Waals surface area contributed by atoms with E-state index in [2.05, 4.69) is 70.3 Å². The fraction of sp³-hybridized carbons (Fsp3) is 0.625. The van der Waals surface area contributed by atoms with E-state index in [0.29, 0.717) is 5.41 Å². The molecule has 0 saturated carbocycles. The van der Waals surface area contributed by atoms with Gasteiger partial charge in [0.2, 0.25) is 0 Å². The summed E-state index contributed by atoms with van der Waals surface area (Å²) in [6, 6.07) is 10.7. The summed E-state index contributed by atoms with van der Waals surface area (Å²) in [6.07, 6.45) is 1.22. The van der Waals surface area contributed by atoms with Gasteiger partial charge in [0.05, 0.1) is 0 Å². The Morgan fingerprint density at radius 2 is 1.53 bits per heavy atom. The van der Waals surface area contributed by atoms with Crippen molar-refractivity contribution in [3.05, 3.63) is 35.9 Å². The minimum atomic E-state index is 0.207. The van der Waals surface area contributed by atoms with Gasteiger partial charge in [0.25, 0.3) is 0 Å². The molecule has 0 saturated heterocycles. The first-order chi connectivity index (χ1) is 7.81. The van der Waals surface area contributed by atoms with E-state index in [1.165, 1.54) is 12.0 Å². The molecule has 0 aliphatic carbocycles. The van der Waals surface area contributed by atoms with E-state index in [1.807, 2.05) is 0 Å². The Morgan fingerprint density at radius 1 is 0.941 bits per heavy atom. The molecule has 0 amide bonds. The summed E-state index contributed by atoms with van der Waals surface area (Å²) in [6.45, 7) is 13.6. The standard InChI is InChI=1S/C16H27N/c1-15(2,3)11-12-17-13-16(4,5)14-9-7-6-8-10-14/h6-10,17H,11-13H2,1-5H3. The van der Waals surface area contributed by atoms with Crippen LogP contribution in [0.1, 0.15) is 46.6 Å². The Labute approximate surface area is 107 Å². The molecule has 1 heteroatoms. The molecule has 0 aliphatic heterocycles. The molecular formula is C16H27N. The van der Waals surface area contributed by atoms with Gasteiger partial charge in [0, 0.05) is 12.0 Å². The van der Waals surface area contributed by atoms with Crippen LogP contribution in [0.2, 0.25) is 0 Å². The third-order valence-corrected chi connectivity index (χ3v) is 3.17. The Kier molecular flexibility index (Phi) is 4.76. The molecule has 1 nitrogen and oxygen atoms in total. The van der Waals surface area contributed by atoms with Crippen LogP contribution in [0.4, 0.5) is 0 Å². The lowest BCUT2D eigenvalue weighted by Crippen LogP contribution is -2.34. The van der Waals surface area contributed by atoms with Gasteiger partial charge in [-0.15, -0.1) is 0 Å². The van der Waals surface area contributed by atoms with E-state index in [9.17, 15) is 0 Å². The van der Waals surface area contributed by atoms with Crippen molar-refractivity contribution < 1.29 is 0 Å². The first-order valence-corrected chi connectivity index (χ1v) is 6.57. The zero-order chi connectivity index (χ0) is 12.9. The van der Waals surface area contributed by atoms with Crippen molar-refractivity contribution in [2.45, 2.75) is 46.5 Å². The molecule has 0 unspecified atom stereocenters. The average molecular weight is 233 g/mol. The Morgan fingerprint density at radius 3 is 2.06 bits per heavy atom. The van der Waals surface area contributed by atoms with E-state index in [1.54, 1.807) is 0 Å². The molecule has 96 valence electrons. The van der Waals surface area contributed by atoms with Gasteiger partial charge in [-0.1, -0.05) is 65.0 Å². The van der Waals surface area contributed by atoms with Crippen LogP contribution < -0.4 is 5.32 Å². The molecule has 0 aromatic heterocycles. The minimum absolute atomic E-state index is 0.207. The van der Waals surface area contributed by atoms with Gasteiger partial charge in [-0.3, -0.25) is 0 Å². The highest BCUT2D eigenvalue weighted by Gasteiger charge is 2.19. The zero-order valence-corrected chi connectivity index (χ0v) is 12.0. The van der Waals surface area contributed by atoms with Crippen LogP contribution in [0.15, 0.2) is 30.3 Å². The predicted octanol–water partition coefficient (Wildman–Crippen LogP) is 3.99. The van der Waals surface area contributed by atoms with Crippen LogP contribution in [0.5, 0.6) is 0 Å². The largest absolute Gasteiger partial charge is 0.316 e. The van der Waals surface area contributed by atoms with E-state index in [0.717, 1.165) is 13.1 Å². The zero-order valence-electron chi connectivity index (χ0n) is 12.0. The summed E-state index contributed by atoms with van der Waals surface area (Å²) >= 11 is 0. The Balaban J connectivity index is 2.41. The first kappa shape index (κ1) is 14.2. The van der Waals surface area contributed by atoms with Crippen molar-refractivity contribution >= 4 is 0 Å². The van der Waals surface area contributed by atoms with Crippen LogP contribution in [-0.4, -0.2) is 13.1 Å². The highest BCUT2D eigenvalue weighted by molar-refractivity contribution is 5.23. The quantitative estimate of drug-likeness (QED) is 0.758. The lowest BCUT2D eigenvalue weighted by atomic mass is 9.84. The van der Waals surface area contributed by atoms with E-state index in [-0.39, 0.29) is 5.41 Å². The SMILES string of the molecule is CC(C)(C)CCNCC(C)(C)c1ccccc1. The number of nitrogens with one attached hydrogen (secondary N) is 1. The molecule has 0 bridgehead atoms. The first-order valence-electron chi connectivity index (χ1n) is 6.57. The summed E-state index contributed by atoms with van der Waals surface area (Å²) in [5, 5.41) is 3.58. The van der Waals surface area contributed by atoms with Crippen LogP contribution >= 0.6 is 0 Å². The molecular weight excluding hydrogens is 206 g/mol. The number of rotatable bonds is 5. The second-order valence-corrected chi connectivity index (χ2v) is 6.74. The van der Waals surface area contributed by atoms with Crippen molar-refractivity contribution in [3.8, 4) is 0 Å². The molecule has 0 radical (unpaired) electrons. The van der Waals surface area contributed by atoms with E-state index in [4.69, 9.17) is 0 Å². The van der Waals surface area contributed by atoms with E-state index < -0.39 is 0 Å². The number of benzene rings is 1. The number of hydrogen-bond donors (Lipinski definition) is 1. The molecule has 0 spiro atoms. The van der Waals surface area contributed by atoms with Crippen molar-refractivity contribution in [2.75, 3.05) is 13.1 Å². The molecule has 17 heavy (non-hydrogen) atoms. The molecule has 0 aliphatic rings. The van der Waals surface area contributed by atoms with Gasteiger partial charge in [-0.2, -0.15) is 0 Å². The third-order valence-electron chi connectivity index (χ3n) is 3.17. The van der Waals surface area contributed by atoms with Crippen LogP contribution in [0, 0.1) is 5.41 Å². The van der Waals surface area contributed by atoms with Gasteiger partial charge in [0.1, 0.15) is 0 Å². The second kappa shape index (κ2) is 5.68. The Hall–Kier alpha value is -0.820. The normalized spacial score (nSPS) is 12.8. The maximum absolute atomic E-state index is 3.58. The van der Waals surface area contributed by atoms with Crippen LogP contribution in [0.25, 0.3) is 0 Å². The third kappa shape index (κ3) is 5.36. The molecule has 1 aromatic carbocycles. The molecule has 0 atom stereocenters. The van der Waals surface area contributed by atoms with Crippen LogP contribution in [-0.2, 0) is 5.41 Å². The second-order valence-electron chi connectivity index (χ2n) is 6.74. The number of hydrogen-bond acceptors (Lipinski definition) is 1. The van der Waals surface area contributed by atoms with Crippen LogP contribution in [0.3, 0.4) is 0 Å². The Bertz CT molecular complexity index is 319. The topological polar surface area (TPSA) is 12.0 Å². The maximum Gasteiger partial charge on any atom is 0.00431 e. The van der Waals surface area contributed by atoms with Crippen molar-refractivity contribution in [1.29, 1.82) is 0 Å². The van der Waals surface area contributed by atoms with Gasteiger partial charge >= 0.3 is 0 Å². The summed E-state index contributed by atoms with van der Waals surface area (Å²) in [7, 11) is 0. The highest BCUT2D eigenvalue weighted by atomic mass is 14.9. The smallest absolute Gasteiger partial charge is 0.00431 e. The average Bonchev–Trinajstić information content (AvgIpc) is 2.25. The van der Waals surface area contributed by atoms with Crippen molar-refractivity contribution in [3.63, 3.8) is 0 Å².